The topological polar surface area (TPSA) is 54.9 Å². The van der Waals surface area contributed by atoms with Crippen LogP contribution in [0.15, 0.2) is 29.3 Å². The average Bonchev–Trinajstić information content (AvgIpc) is 3.17. The molecule has 1 aliphatic heterocycles. The van der Waals surface area contributed by atoms with Crippen LogP contribution in [0.3, 0.4) is 0 Å². The van der Waals surface area contributed by atoms with Gasteiger partial charge < -0.3 is 20.1 Å². The van der Waals surface area contributed by atoms with E-state index in [0.717, 1.165) is 64.6 Å². The standard InChI is InChI=1S/C21H35N3O2/c1-17(2)19-9-7-18(8-10-19)6-4-12-23-21(22-3)24-13-5-14-26-20-11-15-25-16-20/h7-10,17,20H,4-6,11-16H2,1-3H3,(H2,22,23,24). The van der Waals surface area contributed by atoms with Crippen LogP contribution in [0.1, 0.15) is 50.2 Å². The van der Waals surface area contributed by atoms with Crippen LogP contribution in [0.4, 0.5) is 0 Å². The molecule has 1 unspecified atom stereocenters. The Bertz CT molecular complexity index is 523. The molecule has 0 bridgehead atoms. The van der Waals surface area contributed by atoms with Crippen LogP contribution in [-0.4, -0.2) is 52.0 Å². The van der Waals surface area contributed by atoms with Crippen LogP contribution >= 0.6 is 0 Å². The molecule has 0 saturated carbocycles. The first-order valence-electron chi connectivity index (χ1n) is 9.91. The monoisotopic (exact) mass is 361 g/mol. The molecule has 1 atom stereocenters. The molecular weight excluding hydrogens is 326 g/mol. The summed E-state index contributed by atoms with van der Waals surface area (Å²) < 4.78 is 11.1. The molecule has 0 radical (unpaired) electrons. The minimum atomic E-state index is 0.294. The Kier molecular flexibility index (Phi) is 9.50. The normalized spacial score (nSPS) is 17.7. The second-order valence-electron chi connectivity index (χ2n) is 7.14. The Morgan fingerprint density at radius 3 is 2.54 bits per heavy atom. The maximum atomic E-state index is 5.76. The van der Waals surface area contributed by atoms with Crippen molar-refractivity contribution in [2.24, 2.45) is 4.99 Å². The predicted octanol–water partition coefficient (Wildman–Crippen LogP) is 3.10. The molecule has 1 aliphatic rings. The summed E-state index contributed by atoms with van der Waals surface area (Å²) in [7, 11) is 1.81. The Morgan fingerprint density at radius 2 is 1.92 bits per heavy atom. The number of rotatable bonds is 10. The Morgan fingerprint density at radius 1 is 1.19 bits per heavy atom. The lowest BCUT2D eigenvalue weighted by Crippen LogP contribution is -2.38. The number of ether oxygens (including phenoxy) is 2. The molecule has 2 N–H and O–H groups in total. The number of nitrogens with zero attached hydrogens (tertiary/aromatic N) is 1. The first kappa shape index (κ1) is 20.7. The van der Waals surface area contributed by atoms with Gasteiger partial charge in [0.1, 0.15) is 0 Å². The highest BCUT2D eigenvalue weighted by atomic mass is 16.5. The van der Waals surface area contributed by atoms with E-state index in [-0.39, 0.29) is 0 Å². The van der Waals surface area contributed by atoms with Gasteiger partial charge in [0.05, 0.1) is 12.7 Å². The van der Waals surface area contributed by atoms with Gasteiger partial charge in [-0.05, 0) is 42.7 Å². The average molecular weight is 362 g/mol. The van der Waals surface area contributed by atoms with Crippen molar-refractivity contribution in [3.63, 3.8) is 0 Å². The Hall–Kier alpha value is -1.59. The van der Waals surface area contributed by atoms with Gasteiger partial charge >= 0.3 is 0 Å². The lowest BCUT2D eigenvalue weighted by Gasteiger charge is -2.13. The molecule has 0 aliphatic carbocycles. The van der Waals surface area contributed by atoms with Crippen molar-refractivity contribution in [3.05, 3.63) is 35.4 Å². The van der Waals surface area contributed by atoms with Crippen molar-refractivity contribution in [1.29, 1.82) is 0 Å². The molecule has 1 fully saturated rings. The molecule has 5 heteroatoms. The van der Waals surface area contributed by atoms with E-state index in [1.165, 1.54) is 11.1 Å². The maximum Gasteiger partial charge on any atom is 0.190 e. The number of hydrogen-bond donors (Lipinski definition) is 2. The summed E-state index contributed by atoms with van der Waals surface area (Å²) in [5.74, 6) is 1.46. The molecule has 26 heavy (non-hydrogen) atoms. The van der Waals surface area contributed by atoms with E-state index in [1.54, 1.807) is 0 Å². The van der Waals surface area contributed by atoms with Gasteiger partial charge in [-0.25, -0.2) is 0 Å². The molecule has 1 aromatic rings. The zero-order valence-corrected chi connectivity index (χ0v) is 16.6. The van der Waals surface area contributed by atoms with E-state index in [2.05, 4.69) is 53.7 Å². The van der Waals surface area contributed by atoms with Crippen molar-refractivity contribution < 1.29 is 9.47 Å². The van der Waals surface area contributed by atoms with Crippen LogP contribution in [0.2, 0.25) is 0 Å². The summed E-state index contributed by atoms with van der Waals surface area (Å²) in [6.07, 6.45) is 4.46. The molecule has 146 valence electrons. The Balaban J connectivity index is 1.52. The van der Waals surface area contributed by atoms with Crippen molar-refractivity contribution >= 4 is 5.96 Å². The molecule has 1 aromatic carbocycles. The summed E-state index contributed by atoms with van der Waals surface area (Å²) in [4.78, 5) is 4.27. The SMILES string of the molecule is CN=C(NCCCOC1CCOC1)NCCCc1ccc(C(C)C)cc1. The Labute approximate surface area is 158 Å². The third kappa shape index (κ3) is 7.75. The first-order valence-corrected chi connectivity index (χ1v) is 9.91. The second kappa shape index (κ2) is 11.9. The quantitative estimate of drug-likeness (QED) is 0.382. The number of nitrogens with one attached hydrogen (secondary N) is 2. The number of aryl methyl sites for hydroxylation is 1. The van der Waals surface area contributed by atoms with E-state index < -0.39 is 0 Å². The highest BCUT2D eigenvalue weighted by Gasteiger charge is 2.15. The fraction of sp³-hybridized carbons (Fsp3) is 0.667. The van der Waals surface area contributed by atoms with Crippen LogP contribution < -0.4 is 10.6 Å². The lowest BCUT2D eigenvalue weighted by molar-refractivity contribution is 0.0420. The van der Waals surface area contributed by atoms with Gasteiger partial charge in [-0.15, -0.1) is 0 Å². The van der Waals surface area contributed by atoms with E-state index in [4.69, 9.17) is 9.47 Å². The third-order valence-electron chi connectivity index (χ3n) is 4.66. The molecular formula is C21H35N3O2. The highest BCUT2D eigenvalue weighted by Crippen LogP contribution is 2.15. The molecule has 0 amide bonds. The predicted molar refractivity (Wildman–Crippen MR) is 108 cm³/mol. The minimum Gasteiger partial charge on any atom is -0.379 e. The summed E-state index contributed by atoms with van der Waals surface area (Å²) in [5, 5.41) is 6.72. The van der Waals surface area contributed by atoms with Gasteiger partial charge in [-0.3, -0.25) is 4.99 Å². The van der Waals surface area contributed by atoms with Crippen LogP contribution in [0, 0.1) is 0 Å². The number of aliphatic imine (C=N–C) groups is 1. The largest absolute Gasteiger partial charge is 0.379 e. The molecule has 0 aromatic heterocycles. The minimum absolute atomic E-state index is 0.294. The summed E-state index contributed by atoms with van der Waals surface area (Å²) in [6.45, 7) is 8.59. The second-order valence-corrected chi connectivity index (χ2v) is 7.14. The van der Waals surface area contributed by atoms with E-state index >= 15 is 0 Å². The van der Waals surface area contributed by atoms with E-state index in [9.17, 15) is 0 Å². The summed E-state index contributed by atoms with van der Waals surface area (Å²) in [5.41, 5.74) is 2.80. The van der Waals surface area contributed by atoms with E-state index in [1.807, 2.05) is 7.05 Å². The van der Waals surface area contributed by atoms with Crippen molar-refractivity contribution in [3.8, 4) is 0 Å². The van der Waals surface area contributed by atoms with Gasteiger partial charge in [-0.1, -0.05) is 38.1 Å². The maximum absolute atomic E-state index is 5.76. The fourth-order valence-electron chi connectivity index (χ4n) is 2.96. The highest BCUT2D eigenvalue weighted by molar-refractivity contribution is 5.79. The third-order valence-corrected chi connectivity index (χ3v) is 4.66. The van der Waals surface area contributed by atoms with Crippen molar-refractivity contribution in [2.75, 3.05) is 40.0 Å². The fourth-order valence-corrected chi connectivity index (χ4v) is 2.96. The van der Waals surface area contributed by atoms with Gasteiger partial charge in [-0.2, -0.15) is 0 Å². The molecule has 0 spiro atoms. The van der Waals surface area contributed by atoms with Crippen LogP contribution in [0.25, 0.3) is 0 Å². The number of benzene rings is 1. The summed E-state index contributed by atoms with van der Waals surface area (Å²) in [6, 6.07) is 8.98. The molecule has 2 rings (SSSR count). The zero-order chi connectivity index (χ0) is 18.6. The van der Waals surface area contributed by atoms with Gasteiger partial charge in [0, 0.05) is 33.4 Å². The van der Waals surface area contributed by atoms with Crippen molar-refractivity contribution in [1.82, 2.24) is 10.6 Å². The molecule has 1 saturated heterocycles. The number of guanidine groups is 1. The van der Waals surface area contributed by atoms with Crippen LogP contribution in [0.5, 0.6) is 0 Å². The zero-order valence-electron chi connectivity index (χ0n) is 16.6. The van der Waals surface area contributed by atoms with Gasteiger partial charge in [0.2, 0.25) is 0 Å². The first-order chi connectivity index (χ1) is 12.7. The molecule has 1 heterocycles. The number of hydrogen-bond acceptors (Lipinski definition) is 3. The summed E-state index contributed by atoms with van der Waals surface area (Å²) >= 11 is 0. The lowest BCUT2D eigenvalue weighted by atomic mass is 10.0. The van der Waals surface area contributed by atoms with Crippen molar-refractivity contribution in [2.45, 2.75) is 51.6 Å². The molecule has 5 nitrogen and oxygen atoms in total. The smallest absolute Gasteiger partial charge is 0.190 e. The van der Waals surface area contributed by atoms with Gasteiger partial charge in [0.15, 0.2) is 5.96 Å². The van der Waals surface area contributed by atoms with Crippen LogP contribution in [-0.2, 0) is 15.9 Å². The van der Waals surface area contributed by atoms with E-state index in [0.29, 0.717) is 12.0 Å². The van der Waals surface area contributed by atoms with Gasteiger partial charge in [0.25, 0.3) is 0 Å².